The molecule has 8 heteroatoms. The standard InChI is InChI=1S/C17H14N6OS/c18-11-10-13-6-8-14(9-7-13)19-16(24)12-25-17-20-21-22-23(17)15-4-2-1-3-5-15/h1-9H,10,12H2,(H,19,24). The van der Waals surface area contributed by atoms with E-state index >= 15 is 0 Å². The van der Waals surface area contributed by atoms with Crippen LogP contribution in [-0.2, 0) is 11.2 Å². The van der Waals surface area contributed by atoms with E-state index in [0.717, 1.165) is 11.3 Å². The number of anilines is 1. The number of hydrogen-bond acceptors (Lipinski definition) is 6. The number of para-hydroxylation sites is 1. The number of carbonyl (C=O) groups excluding carboxylic acids is 1. The number of benzene rings is 2. The number of nitrogens with one attached hydrogen (secondary N) is 1. The minimum absolute atomic E-state index is 0.152. The minimum Gasteiger partial charge on any atom is -0.325 e. The molecular formula is C17H14N6OS. The summed E-state index contributed by atoms with van der Waals surface area (Å²) in [6, 6.07) is 18.8. The van der Waals surface area contributed by atoms with E-state index < -0.39 is 0 Å². The molecule has 0 saturated heterocycles. The molecule has 124 valence electrons. The van der Waals surface area contributed by atoms with Gasteiger partial charge in [0.05, 0.1) is 23.9 Å². The van der Waals surface area contributed by atoms with Gasteiger partial charge in [0.2, 0.25) is 11.1 Å². The van der Waals surface area contributed by atoms with Gasteiger partial charge < -0.3 is 5.32 Å². The second-order valence-corrected chi connectivity index (χ2v) is 6.02. The first kappa shape index (κ1) is 16.7. The summed E-state index contributed by atoms with van der Waals surface area (Å²) in [6.07, 6.45) is 0.353. The number of carbonyl (C=O) groups is 1. The number of rotatable bonds is 6. The summed E-state index contributed by atoms with van der Waals surface area (Å²) in [5.41, 5.74) is 2.44. The van der Waals surface area contributed by atoms with Crippen LogP contribution >= 0.6 is 11.8 Å². The number of tetrazole rings is 1. The minimum atomic E-state index is -0.152. The Morgan fingerprint density at radius 2 is 1.92 bits per heavy atom. The Kier molecular flexibility index (Phi) is 5.39. The molecule has 0 spiro atoms. The van der Waals surface area contributed by atoms with Gasteiger partial charge in [0.15, 0.2) is 0 Å². The summed E-state index contributed by atoms with van der Waals surface area (Å²) >= 11 is 1.26. The second-order valence-electron chi connectivity index (χ2n) is 5.08. The van der Waals surface area contributed by atoms with E-state index in [1.54, 1.807) is 16.8 Å². The maximum atomic E-state index is 12.1. The van der Waals surface area contributed by atoms with Crippen molar-refractivity contribution in [3.05, 3.63) is 60.2 Å². The van der Waals surface area contributed by atoms with Crippen LogP contribution in [0.1, 0.15) is 5.56 Å². The Labute approximate surface area is 148 Å². The molecular weight excluding hydrogens is 336 g/mol. The van der Waals surface area contributed by atoms with E-state index in [0.29, 0.717) is 17.3 Å². The lowest BCUT2D eigenvalue weighted by atomic mass is 10.1. The molecule has 0 fully saturated rings. The average Bonchev–Trinajstić information content (AvgIpc) is 3.11. The fourth-order valence-corrected chi connectivity index (χ4v) is 2.82. The zero-order valence-electron chi connectivity index (χ0n) is 13.2. The van der Waals surface area contributed by atoms with Crippen LogP contribution in [0.15, 0.2) is 59.8 Å². The summed E-state index contributed by atoms with van der Waals surface area (Å²) in [5, 5.41) is 23.6. The van der Waals surface area contributed by atoms with Gasteiger partial charge in [0.1, 0.15) is 0 Å². The third-order valence-electron chi connectivity index (χ3n) is 3.29. The van der Waals surface area contributed by atoms with E-state index in [1.807, 2.05) is 42.5 Å². The van der Waals surface area contributed by atoms with Crippen molar-refractivity contribution in [2.75, 3.05) is 11.1 Å². The van der Waals surface area contributed by atoms with E-state index in [9.17, 15) is 4.79 Å². The van der Waals surface area contributed by atoms with Crippen LogP contribution in [0, 0.1) is 11.3 Å². The largest absolute Gasteiger partial charge is 0.325 e. The first-order valence-corrected chi connectivity index (χ1v) is 8.47. The first-order valence-electron chi connectivity index (χ1n) is 7.48. The van der Waals surface area contributed by atoms with Crippen LogP contribution in [-0.4, -0.2) is 31.9 Å². The van der Waals surface area contributed by atoms with Crippen LogP contribution in [0.4, 0.5) is 5.69 Å². The van der Waals surface area contributed by atoms with Crippen molar-refractivity contribution in [3.8, 4) is 11.8 Å². The van der Waals surface area contributed by atoms with E-state index in [2.05, 4.69) is 26.9 Å². The number of thioether (sulfide) groups is 1. The second kappa shape index (κ2) is 8.08. The quantitative estimate of drug-likeness (QED) is 0.686. The lowest BCUT2D eigenvalue weighted by molar-refractivity contribution is -0.113. The number of amides is 1. The van der Waals surface area contributed by atoms with Crippen molar-refractivity contribution in [2.24, 2.45) is 0 Å². The van der Waals surface area contributed by atoms with E-state index in [4.69, 9.17) is 5.26 Å². The Balaban J connectivity index is 1.58. The molecule has 0 saturated carbocycles. The van der Waals surface area contributed by atoms with Gasteiger partial charge in [-0.2, -0.15) is 9.94 Å². The molecule has 0 aliphatic carbocycles. The molecule has 1 amide bonds. The molecule has 3 rings (SSSR count). The average molecular weight is 350 g/mol. The van der Waals surface area contributed by atoms with Crippen molar-refractivity contribution < 1.29 is 4.79 Å². The molecule has 0 unspecified atom stereocenters. The molecule has 1 N–H and O–H groups in total. The SMILES string of the molecule is N#CCc1ccc(NC(=O)CSc2nnnn2-c2ccccc2)cc1. The van der Waals surface area contributed by atoms with Gasteiger partial charge >= 0.3 is 0 Å². The highest BCUT2D eigenvalue weighted by Crippen LogP contribution is 2.18. The predicted molar refractivity (Wildman–Crippen MR) is 94.3 cm³/mol. The van der Waals surface area contributed by atoms with Gasteiger partial charge in [-0.15, -0.1) is 5.10 Å². The Morgan fingerprint density at radius 3 is 2.64 bits per heavy atom. The monoisotopic (exact) mass is 350 g/mol. The molecule has 0 bridgehead atoms. The number of hydrogen-bond donors (Lipinski definition) is 1. The molecule has 0 aliphatic heterocycles. The maximum Gasteiger partial charge on any atom is 0.234 e. The van der Waals surface area contributed by atoms with Gasteiger partial charge in [-0.05, 0) is 40.3 Å². The van der Waals surface area contributed by atoms with Gasteiger partial charge in [0.25, 0.3) is 0 Å². The lowest BCUT2D eigenvalue weighted by Crippen LogP contribution is -2.14. The van der Waals surface area contributed by atoms with Crippen molar-refractivity contribution in [2.45, 2.75) is 11.6 Å². The van der Waals surface area contributed by atoms with Crippen molar-refractivity contribution in [3.63, 3.8) is 0 Å². The molecule has 3 aromatic rings. The van der Waals surface area contributed by atoms with E-state index in [-0.39, 0.29) is 11.7 Å². The normalized spacial score (nSPS) is 10.2. The van der Waals surface area contributed by atoms with Gasteiger partial charge in [0, 0.05) is 5.69 Å². The lowest BCUT2D eigenvalue weighted by Gasteiger charge is -2.06. The molecule has 1 aromatic heterocycles. The Bertz CT molecular complexity index is 886. The smallest absolute Gasteiger partial charge is 0.234 e. The summed E-state index contributed by atoms with van der Waals surface area (Å²) in [6.45, 7) is 0. The van der Waals surface area contributed by atoms with Crippen LogP contribution < -0.4 is 5.32 Å². The van der Waals surface area contributed by atoms with Crippen molar-refractivity contribution in [1.82, 2.24) is 20.2 Å². The topological polar surface area (TPSA) is 96.5 Å². The zero-order valence-corrected chi connectivity index (χ0v) is 14.0. The van der Waals surface area contributed by atoms with Gasteiger partial charge in [-0.3, -0.25) is 4.79 Å². The molecule has 7 nitrogen and oxygen atoms in total. The Morgan fingerprint density at radius 1 is 1.16 bits per heavy atom. The molecule has 0 atom stereocenters. The third-order valence-corrected chi connectivity index (χ3v) is 4.21. The highest BCUT2D eigenvalue weighted by molar-refractivity contribution is 7.99. The summed E-state index contributed by atoms with van der Waals surface area (Å²) in [4.78, 5) is 12.1. The number of nitrogens with zero attached hydrogens (tertiary/aromatic N) is 5. The predicted octanol–water partition coefficient (Wildman–Crippen LogP) is 2.46. The summed E-state index contributed by atoms with van der Waals surface area (Å²) < 4.78 is 1.59. The molecule has 2 aromatic carbocycles. The van der Waals surface area contributed by atoms with Crippen LogP contribution in [0.25, 0.3) is 5.69 Å². The summed E-state index contributed by atoms with van der Waals surface area (Å²) in [7, 11) is 0. The molecule has 0 radical (unpaired) electrons. The molecule has 1 heterocycles. The van der Waals surface area contributed by atoms with Crippen molar-refractivity contribution in [1.29, 1.82) is 5.26 Å². The molecule has 0 aliphatic rings. The highest BCUT2D eigenvalue weighted by atomic mass is 32.2. The molecule has 25 heavy (non-hydrogen) atoms. The van der Waals surface area contributed by atoms with Crippen molar-refractivity contribution >= 4 is 23.4 Å². The highest BCUT2D eigenvalue weighted by Gasteiger charge is 2.11. The maximum absolute atomic E-state index is 12.1. The number of nitriles is 1. The van der Waals surface area contributed by atoms with Crippen LogP contribution in [0.3, 0.4) is 0 Å². The summed E-state index contributed by atoms with van der Waals surface area (Å²) in [5.74, 6) is 0.0355. The number of aromatic nitrogens is 4. The fraction of sp³-hybridized carbons (Fsp3) is 0.118. The van der Waals surface area contributed by atoms with Gasteiger partial charge in [-0.25, -0.2) is 0 Å². The van der Waals surface area contributed by atoms with Crippen LogP contribution in [0.5, 0.6) is 0 Å². The first-order chi connectivity index (χ1) is 12.3. The van der Waals surface area contributed by atoms with Gasteiger partial charge in [-0.1, -0.05) is 42.1 Å². The van der Waals surface area contributed by atoms with E-state index in [1.165, 1.54) is 11.8 Å². The zero-order chi connectivity index (χ0) is 17.5. The third kappa shape index (κ3) is 4.43. The fourth-order valence-electron chi connectivity index (χ4n) is 2.12. The Hall–Kier alpha value is -3.18. The van der Waals surface area contributed by atoms with Crippen LogP contribution in [0.2, 0.25) is 0 Å².